The van der Waals surface area contributed by atoms with E-state index in [-0.39, 0.29) is 5.56 Å². The molecule has 28 heavy (non-hydrogen) atoms. The van der Waals surface area contributed by atoms with Gasteiger partial charge in [-0.1, -0.05) is 64.8 Å². The van der Waals surface area contributed by atoms with E-state index in [1.165, 1.54) is 36.1 Å². The molecule has 0 radical (unpaired) electrons. The Morgan fingerprint density at radius 3 is 2.79 bits per heavy atom. The second-order valence-corrected chi connectivity index (χ2v) is 11.1. The smallest absolute Gasteiger partial charge is 0.263 e. The number of rotatable bonds is 8. The summed E-state index contributed by atoms with van der Waals surface area (Å²) in [6.45, 7) is 13.6. The Labute approximate surface area is 177 Å². The minimum absolute atomic E-state index is 0.132. The first-order valence-corrected chi connectivity index (χ1v) is 12.5. The normalized spacial score (nSPS) is 17.1. The topological polar surface area (TPSA) is 34.9 Å². The summed E-state index contributed by atoms with van der Waals surface area (Å²) in [5.41, 5.74) is 1.71. The fraction of sp³-hybridized carbons (Fsp3) is 0.652. The third kappa shape index (κ3) is 4.56. The van der Waals surface area contributed by atoms with Crippen molar-refractivity contribution in [1.29, 1.82) is 0 Å². The molecule has 1 aliphatic rings. The highest BCUT2D eigenvalue weighted by Crippen LogP contribution is 2.42. The first-order valence-electron chi connectivity index (χ1n) is 10.7. The maximum absolute atomic E-state index is 13.4. The van der Waals surface area contributed by atoms with Crippen molar-refractivity contribution in [2.45, 2.75) is 84.3 Å². The number of hydrogen-bond acceptors (Lipinski definition) is 4. The summed E-state index contributed by atoms with van der Waals surface area (Å²) in [5.74, 6) is 1.70. The Hall–Kier alpha value is -1.07. The van der Waals surface area contributed by atoms with E-state index in [4.69, 9.17) is 4.98 Å². The van der Waals surface area contributed by atoms with Gasteiger partial charge in [0.15, 0.2) is 5.16 Å². The Morgan fingerprint density at radius 1 is 1.32 bits per heavy atom. The van der Waals surface area contributed by atoms with Gasteiger partial charge in [-0.2, -0.15) is 0 Å². The molecule has 0 aliphatic heterocycles. The molecule has 0 bridgehead atoms. The van der Waals surface area contributed by atoms with Crippen LogP contribution in [0.3, 0.4) is 0 Å². The van der Waals surface area contributed by atoms with E-state index in [9.17, 15) is 4.79 Å². The number of fused-ring (bicyclic) bond motifs is 3. The highest BCUT2D eigenvalue weighted by molar-refractivity contribution is 7.99. The second kappa shape index (κ2) is 9.17. The van der Waals surface area contributed by atoms with Crippen molar-refractivity contribution in [2.24, 2.45) is 11.3 Å². The fourth-order valence-electron chi connectivity index (χ4n) is 4.07. The molecule has 2 aromatic heterocycles. The van der Waals surface area contributed by atoms with Crippen molar-refractivity contribution >= 4 is 33.3 Å². The number of hydrogen-bond donors (Lipinski definition) is 0. The van der Waals surface area contributed by atoms with Gasteiger partial charge in [-0.05, 0) is 42.6 Å². The molecule has 0 aromatic carbocycles. The Morgan fingerprint density at radius 2 is 2.11 bits per heavy atom. The minimum Gasteiger partial charge on any atom is -0.283 e. The second-order valence-electron chi connectivity index (χ2n) is 9.00. The van der Waals surface area contributed by atoms with Crippen LogP contribution < -0.4 is 5.56 Å². The predicted octanol–water partition coefficient (Wildman–Crippen LogP) is 6.47. The highest BCUT2D eigenvalue weighted by atomic mass is 32.2. The molecule has 0 saturated heterocycles. The number of thioether (sulfide) groups is 1. The van der Waals surface area contributed by atoms with Crippen LogP contribution in [0.5, 0.6) is 0 Å². The van der Waals surface area contributed by atoms with Crippen molar-refractivity contribution in [3.8, 4) is 0 Å². The number of aromatic nitrogens is 2. The van der Waals surface area contributed by atoms with Gasteiger partial charge >= 0.3 is 0 Å². The lowest BCUT2D eigenvalue weighted by Gasteiger charge is -2.33. The van der Waals surface area contributed by atoms with E-state index in [0.29, 0.717) is 17.9 Å². The number of allylic oxidation sites excluding steroid dienone is 1. The lowest BCUT2D eigenvalue weighted by atomic mass is 9.72. The largest absolute Gasteiger partial charge is 0.283 e. The molecule has 2 heterocycles. The van der Waals surface area contributed by atoms with Gasteiger partial charge in [0.1, 0.15) is 4.83 Å². The first-order chi connectivity index (χ1) is 13.4. The summed E-state index contributed by atoms with van der Waals surface area (Å²) < 4.78 is 1.84. The number of thiophene rings is 1. The van der Waals surface area contributed by atoms with Crippen LogP contribution in [0.2, 0.25) is 0 Å². The standard InChI is InChI=1S/C23H34N2OS2/c1-6-8-9-10-14-27-22-24-20-19(21(26)25(22)13-7-2)17-12-11-16(23(3,4)5)15-18(17)28-20/h7,16H,2,6,8-15H2,1,3-5H3/t16-/m1/s1. The highest BCUT2D eigenvalue weighted by Gasteiger charge is 2.32. The summed E-state index contributed by atoms with van der Waals surface area (Å²) in [4.78, 5) is 20.7. The van der Waals surface area contributed by atoms with Gasteiger partial charge < -0.3 is 0 Å². The van der Waals surface area contributed by atoms with E-state index >= 15 is 0 Å². The lowest BCUT2D eigenvalue weighted by Crippen LogP contribution is -2.27. The average Bonchev–Trinajstić information content (AvgIpc) is 3.01. The molecule has 0 spiro atoms. The third-order valence-corrected chi connectivity index (χ3v) is 8.11. The van der Waals surface area contributed by atoms with Crippen LogP contribution in [0.25, 0.3) is 10.2 Å². The molecule has 0 N–H and O–H groups in total. The first kappa shape index (κ1) is 21.6. The molecule has 1 atom stereocenters. The average molecular weight is 419 g/mol. The van der Waals surface area contributed by atoms with Crippen LogP contribution in [0.15, 0.2) is 22.6 Å². The Kier molecular flexibility index (Phi) is 7.08. The summed E-state index contributed by atoms with van der Waals surface area (Å²) in [6.07, 6.45) is 10.0. The quantitative estimate of drug-likeness (QED) is 0.213. The molecular formula is C23H34N2OS2. The Balaban J connectivity index is 1.94. The number of aryl methyl sites for hydroxylation is 1. The van der Waals surface area contributed by atoms with Crippen LogP contribution in [0, 0.1) is 11.3 Å². The van der Waals surface area contributed by atoms with Gasteiger partial charge in [-0.3, -0.25) is 9.36 Å². The summed E-state index contributed by atoms with van der Waals surface area (Å²) in [5, 5.41) is 1.74. The van der Waals surface area contributed by atoms with Gasteiger partial charge in [-0.25, -0.2) is 4.98 Å². The monoisotopic (exact) mass is 418 g/mol. The lowest BCUT2D eigenvalue weighted by molar-refractivity contribution is 0.218. The van der Waals surface area contributed by atoms with Gasteiger partial charge in [0.25, 0.3) is 5.56 Å². The summed E-state index contributed by atoms with van der Waals surface area (Å²) in [6, 6.07) is 0. The summed E-state index contributed by atoms with van der Waals surface area (Å²) >= 11 is 3.49. The molecule has 154 valence electrons. The van der Waals surface area contributed by atoms with Crippen molar-refractivity contribution in [3.05, 3.63) is 33.4 Å². The maximum Gasteiger partial charge on any atom is 0.263 e. The SMILES string of the molecule is C=CCn1c(SCCCCCC)nc2sc3c(c2c1=O)CC[C@@H](C(C)(C)C)C3. The Bertz CT molecular complexity index is 889. The molecule has 0 amide bonds. The molecule has 2 aromatic rings. The zero-order valence-electron chi connectivity index (χ0n) is 17.8. The third-order valence-electron chi connectivity index (χ3n) is 5.90. The van der Waals surface area contributed by atoms with Gasteiger partial charge in [0, 0.05) is 17.2 Å². The van der Waals surface area contributed by atoms with Crippen LogP contribution in [0.4, 0.5) is 0 Å². The van der Waals surface area contributed by atoms with Gasteiger partial charge in [-0.15, -0.1) is 17.9 Å². The zero-order valence-corrected chi connectivity index (χ0v) is 19.5. The van der Waals surface area contributed by atoms with E-state index in [0.717, 1.165) is 40.4 Å². The van der Waals surface area contributed by atoms with Gasteiger partial charge in [0.05, 0.1) is 5.39 Å². The van der Waals surface area contributed by atoms with E-state index in [1.807, 2.05) is 10.6 Å². The van der Waals surface area contributed by atoms with Crippen molar-refractivity contribution in [3.63, 3.8) is 0 Å². The number of unbranched alkanes of at least 4 members (excludes halogenated alkanes) is 3. The molecule has 3 rings (SSSR count). The van der Waals surface area contributed by atoms with Crippen LogP contribution in [-0.2, 0) is 19.4 Å². The molecule has 0 saturated carbocycles. The van der Waals surface area contributed by atoms with E-state index in [1.54, 1.807) is 23.1 Å². The van der Waals surface area contributed by atoms with E-state index < -0.39 is 0 Å². The molecule has 3 nitrogen and oxygen atoms in total. The van der Waals surface area contributed by atoms with Crippen LogP contribution >= 0.6 is 23.1 Å². The molecule has 0 unspecified atom stereocenters. The van der Waals surface area contributed by atoms with Gasteiger partial charge in [0.2, 0.25) is 0 Å². The van der Waals surface area contributed by atoms with Crippen LogP contribution in [0.1, 0.15) is 70.2 Å². The van der Waals surface area contributed by atoms with Crippen molar-refractivity contribution in [1.82, 2.24) is 9.55 Å². The minimum atomic E-state index is 0.132. The number of nitrogens with zero attached hydrogens (tertiary/aromatic N) is 2. The molecular weight excluding hydrogens is 384 g/mol. The molecule has 0 fully saturated rings. The zero-order chi connectivity index (χ0) is 20.3. The molecule has 5 heteroatoms. The maximum atomic E-state index is 13.4. The van der Waals surface area contributed by atoms with Crippen LogP contribution in [-0.4, -0.2) is 15.3 Å². The van der Waals surface area contributed by atoms with E-state index in [2.05, 4.69) is 34.3 Å². The van der Waals surface area contributed by atoms with Crippen molar-refractivity contribution in [2.75, 3.05) is 5.75 Å². The summed E-state index contributed by atoms with van der Waals surface area (Å²) in [7, 11) is 0. The fourth-order valence-corrected chi connectivity index (χ4v) is 6.42. The van der Waals surface area contributed by atoms with Crippen molar-refractivity contribution < 1.29 is 0 Å². The molecule has 1 aliphatic carbocycles. The predicted molar refractivity (Wildman–Crippen MR) is 124 cm³/mol.